The first-order chi connectivity index (χ1) is 12.7. The van der Waals surface area contributed by atoms with Crippen molar-refractivity contribution in [3.8, 4) is 0 Å². The van der Waals surface area contributed by atoms with Crippen LogP contribution in [0.4, 0.5) is 11.4 Å². The second-order valence-electron chi connectivity index (χ2n) is 6.25. The zero-order valence-electron chi connectivity index (χ0n) is 15.8. The topological polar surface area (TPSA) is 119 Å². The first kappa shape index (κ1) is 20.1. The number of anilines is 1. The molecular formula is C18H23N5O4. The van der Waals surface area contributed by atoms with Crippen molar-refractivity contribution in [3.05, 3.63) is 51.3 Å². The van der Waals surface area contributed by atoms with E-state index in [-0.39, 0.29) is 35.8 Å². The molecular weight excluding hydrogens is 350 g/mol. The number of nitrogens with one attached hydrogen (secondary N) is 2. The molecule has 2 N–H and O–H groups in total. The summed E-state index contributed by atoms with van der Waals surface area (Å²) in [6, 6.07) is 6.93. The van der Waals surface area contributed by atoms with E-state index in [0.29, 0.717) is 17.8 Å². The Morgan fingerprint density at radius 2 is 1.85 bits per heavy atom. The summed E-state index contributed by atoms with van der Waals surface area (Å²) >= 11 is 0. The third-order valence-corrected chi connectivity index (χ3v) is 4.21. The van der Waals surface area contributed by atoms with Crippen molar-refractivity contribution in [2.75, 3.05) is 5.32 Å². The molecule has 0 spiro atoms. The molecule has 0 aliphatic rings. The van der Waals surface area contributed by atoms with Crippen LogP contribution >= 0.6 is 0 Å². The Hall–Kier alpha value is -3.23. The van der Waals surface area contributed by atoms with Crippen molar-refractivity contribution in [2.24, 2.45) is 0 Å². The lowest BCUT2D eigenvalue weighted by atomic mass is 10.1. The van der Waals surface area contributed by atoms with Gasteiger partial charge >= 0.3 is 5.69 Å². The maximum atomic E-state index is 12.3. The molecule has 2 amide bonds. The van der Waals surface area contributed by atoms with E-state index in [9.17, 15) is 19.7 Å². The molecule has 1 atom stereocenters. The molecule has 1 aromatic carbocycles. The van der Waals surface area contributed by atoms with Crippen LogP contribution in [0.1, 0.15) is 43.3 Å². The number of amides is 2. The average Bonchev–Trinajstić information content (AvgIpc) is 2.88. The summed E-state index contributed by atoms with van der Waals surface area (Å²) in [4.78, 5) is 34.2. The van der Waals surface area contributed by atoms with Crippen molar-refractivity contribution >= 4 is 23.2 Å². The van der Waals surface area contributed by atoms with Crippen LogP contribution in [-0.2, 0) is 16.1 Å². The highest BCUT2D eigenvalue weighted by Crippen LogP contribution is 2.22. The second kappa shape index (κ2) is 8.43. The molecule has 2 aromatic rings. The summed E-state index contributed by atoms with van der Waals surface area (Å²) in [6.45, 7) is 6.62. The Kier molecular flexibility index (Phi) is 6.27. The molecule has 0 radical (unpaired) electrons. The molecule has 0 aliphatic carbocycles. The van der Waals surface area contributed by atoms with Crippen molar-refractivity contribution in [1.82, 2.24) is 15.1 Å². The minimum Gasteiger partial charge on any atom is -0.348 e. The van der Waals surface area contributed by atoms with Gasteiger partial charge < -0.3 is 10.6 Å². The van der Waals surface area contributed by atoms with E-state index < -0.39 is 4.92 Å². The number of aromatic nitrogens is 2. The molecule has 9 nitrogen and oxygen atoms in total. The van der Waals surface area contributed by atoms with Crippen molar-refractivity contribution in [3.63, 3.8) is 0 Å². The first-order valence-corrected chi connectivity index (χ1v) is 8.60. The van der Waals surface area contributed by atoms with E-state index >= 15 is 0 Å². The van der Waals surface area contributed by atoms with Gasteiger partial charge in [0, 0.05) is 12.1 Å². The summed E-state index contributed by atoms with van der Waals surface area (Å²) in [5.74, 6) is -0.366. The maximum absolute atomic E-state index is 12.3. The lowest BCUT2D eigenvalue weighted by molar-refractivity contribution is -0.386. The molecule has 0 saturated heterocycles. The fourth-order valence-corrected chi connectivity index (χ4v) is 2.72. The van der Waals surface area contributed by atoms with Crippen LogP contribution < -0.4 is 10.6 Å². The molecule has 0 aliphatic heterocycles. The fourth-order valence-electron chi connectivity index (χ4n) is 2.72. The predicted octanol–water partition coefficient (Wildman–Crippen LogP) is 2.63. The van der Waals surface area contributed by atoms with Crippen LogP contribution in [0, 0.1) is 24.0 Å². The summed E-state index contributed by atoms with van der Waals surface area (Å²) in [6.07, 6.45) is 0.401. The van der Waals surface area contributed by atoms with Gasteiger partial charge in [-0.25, -0.2) is 0 Å². The van der Waals surface area contributed by atoms with Gasteiger partial charge in [0.25, 0.3) is 0 Å². The van der Waals surface area contributed by atoms with E-state index in [0.717, 1.165) is 5.56 Å². The van der Waals surface area contributed by atoms with E-state index in [2.05, 4.69) is 15.7 Å². The minimum atomic E-state index is -0.492. The fraction of sp³-hybridized carbons (Fsp3) is 0.389. The van der Waals surface area contributed by atoms with Crippen LogP contribution in [0.3, 0.4) is 0 Å². The third-order valence-electron chi connectivity index (χ3n) is 4.21. The zero-order valence-corrected chi connectivity index (χ0v) is 15.8. The molecule has 144 valence electrons. The molecule has 2 rings (SSSR count). The van der Waals surface area contributed by atoms with Gasteiger partial charge in [-0.3, -0.25) is 24.4 Å². The lowest BCUT2D eigenvalue weighted by Gasteiger charge is -2.15. The molecule has 1 unspecified atom stereocenters. The van der Waals surface area contributed by atoms with Crippen LogP contribution in [0.2, 0.25) is 0 Å². The summed E-state index contributed by atoms with van der Waals surface area (Å²) in [5.41, 5.74) is 2.12. The van der Waals surface area contributed by atoms with Gasteiger partial charge in [-0.05, 0) is 38.5 Å². The van der Waals surface area contributed by atoms with Gasteiger partial charge in [0.15, 0.2) is 0 Å². The Balaban J connectivity index is 2.00. The van der Waals surface area contributed by atoms with Gasteiger partial charge in [0.2, 0.25) is 11.8 Å². The van der Waals surface area contributed by atoms with E-state index in [1.807, 2.05) is 19.1 Å². The SMILES string of the molecule is CCC(=O)Nc1ccc(C(C)NC(=O)Cn2nc(C)c([N+](=O)[O-])c2C)cc1. The van der Waals surface area contributed by atoms with Gasteiger partial charge in [-0.15, -0.1) is 0 Å². The Bertz CT molecular complexity index is 857. The van der Waals surface area contributed by atoms with Crippen molar-refractivity contribution < 1.29 is 14.5 Å². The molecule has 1 aromatic heterocycles. The van der Waals surface area contributed by atoms with Crippen LogP contribution in [0.15, 0.2) is 24.3 Å². The molecule has 9 heteroatoms. The normalized spacial score (nSPS) is 11.7. The number of aryl methyl sites for hydroxylation is 1. The summed E-state index contributed by atoms with van der Waals surface area (Å²) < 4.78 is 1.33. The highest BCUT2D eigenvalue weighted by atomic mass is 16.6. The van der Waals surface area contributed by atoms with Gasteiger partial charge in [0.05, 0.1) is 11.0 Å². The summed E-state index contributed by atoms with van der Waals surface area (Å²) in [7, 11) is 0. The number of nitro groups is 1. The smallest absolute Gasteiger partial charge is 0.312 e. The van der Waals surface area contributed by atoms with Crippen LogP contribution in [0.25, 0.3) is 0 Å². The zero-order chi connectivity index (χ0) is 20.1. The highest BCUT2D eigenvalue weighted by molar-refractivity contribution is 5.90. The number of hydrogen-bond acceptors (Lipinski definition) is 5. The van der Waals surface area contributed by atoms with Gasteiger partial charge in [-0.2, -0.15) is 5.10 Å². The Morgan fingerprint density at radius 3 is 2.37 bits per heavy atom. The average molecular weight is 373 g/mol. The van der Waals surface area contributed by atoms with Gasteiger partial charge in [0.1, 0.15) is 17.9 Å². The van der Waals surface area contributed by atoms with Gasteiger partial charge in [-0.1, -0.05) is 19.1 Å². The van der Waals surface area contributed by atoms with Crippen LogP contribution in [-0.4, -0.2) is 26.5 Å². The lowest BCUT2D eigenvalue weighted by Crippen LogP contribution is -2.30. The highest BCUT2D eigenvalue weighted by Gasteiger charge is 2.23. The summed E-state index contributed by atoms with van der Waals surface area (Å²) in [5, 5.41) is 20.7. The van der Waals surface area contributed by atoms with E-state index in [1.54, 1.807) is 32.9 Å². The molecule has 0 saturated carbocycles. The van der Waals surface area contributed by atoms with Crippen LogP contribution in [0.5, 0.6) is 0 Å². The molecule has 27 heavy (non-hydrogen) atoms. The standard InChI is InChI=1S/C18H23N5O4/c1-5-16(24)20-15-8-6-14(7-9-15)11(2)19-17(25)10-22-13(4)18(23(26)27)12(3)21-22/h6-9,11H,5,10H2,1-4H3,(H,19,25)(H,20,24). The number of carbonyl (C=O) groups is 2. The molecule has 1 heterocycles. The Morgan fingerprint density at radius 1 is 1.22 bits per heavy atom. The third kappa shape index (κ3) is 4.90. The number of nitrogens with zero attached hydrogens (tertiary/aromatic N) is 3. The minimum absolute atomic E-state index is 0.0666. The van der Waals surface area contributed by atoms with Crippen molar-refractivity contribution in [2.45, 2.75) is 46.7 Å². The molecule has 0 fully saturated rings. The van der Waals surface area contributed by atoms with E-state index in [1.165, 1.54) is 4.68 Å². The number of benzene rings is 1. The number of carbonyl (C=O) groups excluding carboxylic acids is 2. The first-order valence-electron chi connectivity index (χ1n) is 8.60. The predicted molar refractivity (Wildman–Crippen MR) is 100 cm³/mol. The second-order valence-corrected chi connectivity index (χ2v) is 6.25. The quantitative estimate of drug-likeness (QED) is 0.571. The largest absolute Gasteiger partial charge is 0.348 e. The monoisotopic (exact) mass is 373 g/mol. The Labute approximate surface area is 156 Å². The maximum Gasteiger partial charge on any atom is 0.312 e. The number of rotatable bonds is 7. The van der Waals surface area contributed by atoms with E-state index in [4.69, 9.17) is 0 Å². The number of hydrogen-bond donors (Lipinski definition) is 2. The van der Waals surface area contributed by atoms with Crippen molar-refractivity contribution in [1.29, 1.82) is 0 Å². The molecule has 0 bridgehead atoms.